The summed E-state index contributed by atoms with van der Waals surface area (Å²) in [4.78, 5) is 15.8. The highest BCUT2D eigenvalue weighted by Gasteiger charge is 2.18. The van der Waals surface area contributed by atoms with Crippen molar-refractivity contribution < 1.29 is 9.53 Å². The molecular weight excluding hydrogens is 385 g/mol. The summed E-state index contributed by atoms with van der Waals surface area (Å²) in [7, 11) is 0. The van der Waals surface area contributed by atoms with Crippen LogP contribution in [0, 0.1) is 2.88 Å². The molecule has 1 N–H and O–H groups in total. The average molecular weight is 397 g/mol. The first-order valence-corrected chi connectivity index (χ1v) is 8.18. The minimum absolute atomic E-state index is 0.0302. The maximum absolute atomic E-state index is 12.6. The van der Waals surface area contributed by atoms with E-state index in [1.807, 2.05) is 36.6 Å². The zero-order chi connectivity index (χ0) is 14.1. The molecule has 0 atom stereocenters. The van der Waals surface area contributed by atoms with E-state index in [4.69, 9.17) is 4.74 Å². The van der Waals surface area contributed by atoms with Crippen LogP contribution in [-0.2, 0) is 0 Å². The van der Waals surface area contributed by atoms with Crippen LogP contribution in [0.5, 0.6) is 5.75 Å². The van der Waals surface area contributed by atoms with E-state index < -0.39 is 0 Å². The third-order valence-corrected chi connectivity index (χ3v) is 4.83. The Morgan fingerprint density at radius 2 is 2.30 bits per heavy atom. The Morgan fingerprint density at radius 3 is 3.00 bits per heavy atom. The molecule has 2 heterocycles. The molecule has 3 nitrogen and oxygen atoms in total. The van der Waals surface area contributed by atoms with E-state index in [0.29, 0.717) is 12.2 Å². The molecule has 0 radical (unpaired) electrons. The maximum Gasteiger partial charge on any atom is 0.196 e. The largest absolute Gasteiger partial charge is 0.493 e. The monoisotopic (exact) mass is 397 g/mol. The van der Waals surface area contributed by atoms with Gasteiger partial charge in [0, 0.05) is 22.7 Å². The lowest BCUT2D eigenvalue weighted by Gasteiger charge is -2.06. The summed E-state index contributed by atoms with van der Waals surface area (Å²) in [6, 6.07) is 7.68. The zero-order valence-corrected chi connectivity index (χ0v) is 13.7. The highest BCUT2D eigenvalue weighted by molar-refractivity contribution is 14.1. The van der Waals surface area contributed by atoms with Crippen LogP contribution in [0.3, 0.4) is 0 Å². The number of ketones is 1. The number of halogens is 1. The molecule has 20 heavy (non-hydrogen) atoms. The molecular formula is C15H12INO2S. The number of hydrogen-bond donors (Lipinski definition) is 1. The molecule has 0 amide bonds. The van der Waals surface area contributed by atoms with Crippen LogP contribution in [0.15, 0.2) is 35.8 Å². The van der Waals surface area contributed by atoms with Gasteiger partial charge in [-0.15, -0.1) is 11.3 Å². The van der Waals surface area contributed by atoms with Gasteiger partial charge in [-0.3, -0.25) is 4.79 Å². The minimum Gasteiger partial charge on any atom is -0.493 e. The number of carbonyl (C=O) groups is 1. The first-order valence-electron chi connectivity index (χ1n) is 6.22. The standard InChI is InChI=1S/C15H12INO2S/c1-2-19-12-5-3-4-11-14(12)10(7-17-11)15(18)9-6-13(16)20-8-9/h3-8,17H,2H2,1H3. The summed E-state index contributed by atoms with van der Waals surface area (Å²) in [5, 5.41) is 2.76. The van der Waals surface area contributed by atoms with Crippen molar-refractivity contribution in [1.29, 1.82) is 0 Å². The van der Waals surface area contributed by atoms with E-state index in [1.165, 1.54) is 0 Å². The number of fused-ring (bicyclic) bond motifs is 1. The number of carbonyl (C=O) groups excluding carboxylic acids is 1. The molecule has 0 saturated carbocycles. The molecule has 0 aliphatic heterocycles. The SMILES string of the molecule is CCOc1cccc2[nH]cc(C(=O)c3csc(I)c3)c12. The van der Waals surface area contributed by atoms with Crippen molar-refractivity contribution >= 4 is 50.6 Å². The summed E-state index contributed by atoms with van der Waals surface area (Å²) in [5.41, 5.74) is 2.31. The van der Waals surface area contributed by atoms with Crippen LogP contribution in [0.4, 0.5) is 0 Å². The summed E-state index contributed by atoms with van der Waals surface area (Å²) in [6.45, 7) is 2.52. The minimum atomic E-state index is 0.0302. The summed E-state index contributed by atoms with van der Waals surface area (Å²) in [6.07, 6.45) is 1.76. The van der Waals surface area contributed by atoms with Crippen molar-refractivity contribution in [3.8, 4) is 5.75 Å². The predicted octanol–water partition coefficient (Wildman–Crippen LogP) is 4.46. The number of aromatic amines is 1. The van der Waals surface area contributed by atoms with Crippen LogP contribution in [-0.4, -0.2) is 17.4 Å². The first kappa shape index (κ1) is 13.6. The highest BCUT2D eigenvalue weighted by Crippen LogP contribution is 2.31. The fourth-order valence-corrected chi connectivity index (χ4v) is 3.52. The topological polar surface area (TPSA) is 42.1 Å². The third-order valence-electron chi connectivity index (χ3n) is 3.04. The van der Waals surface area contributed by atoms with Gasteiger partial charge in [0.1, 0.15) is 5.75 Å². The third kappa shape index (κ3) is 2.35. The van der Waals surface area contributed by atoms with E-state index in [1.54, 1.807) is 17.5 Å². The number of H-pyrrole nitrogens is 1. The first-order chi connectivity index (χ1) is 9.70. The number of ether oxygens (including phenoxy) is 1. The Hall–Kier alpha value is -1.34. The molecule has 0 aliphatic rings. The van der Waals surface area contributed by atoms with Gasteiger partial charge in [-0.2, -0.15) is 0 Å². The van der Waals surface area contributed by atoms with E-state index >= 15 is 0 Å². The Labute approximate surface area is 134 Å². The maximum atomic E-state index is 12.6. The van der Waals surface area contributed by atoms with Crippen molar-refractivity contribution in [3.63, 3.8) is 0 Å². The van der Waals surface area contributed by atoms with Gasteiger partial charge in [0.15, 0.2) is 5.78 Å². The number of aromatic nitrogens is 1. The number of thiophene rings is 1. The Bertz CT molecular complexity index is 775. The smallest absolute Gasteiger partial charge is 0.196 e. The van der Waals surface area contributed by atoms with Crippen molar-refractivity contribution in [2.45, 2.75) is 6.92 Å². The molecule has 3 rings (SSSR count). The number of hydrogen-bond acceptors (Lipinski definition) is 3. The van der Waals surface area contributed by atoms with Crippen LogP contribution in [0.2, 0.25) is 0 Å². The zero-order valence-electron chi connectivity index (χ0n) is 10.8. The number of benzene rings is 1. The number of nitrogens with one attached hydrogen (secondary N) is 1. The van der Waals surface area contributed by atoms with Crippen LogP contribution < -0.4 is 4.74 Å². The van der Waals surface area contributed by atoms with Crippen molar-refractivity contribution in [3.05, 3.63) is 49.9 Å². The molecule has 1 aromatic carbocycles. The quantitative estimate of drug-likeness (QED) is 0.522. The van der Waals surface area contributed by atoms with Gasteiger partial charge in [-0.25, -0.2) is 0 Å². The van der Waals surface area contributed by atoms with Crippen molar-refractivity contribution in [1.82, 2.24) is 4.98 Å². The van der Waals surface area contributed by atoms with Crippen LogP contribution in [0.1, 0.15) is 22.8 Å². The molecule has 5 heteroatoms. The normalized spacial score (nSPS) is 10.9. The lowest BCUT2D eigenvalue weighted by atomic mass is 10.0. The molecule has 102 valence electrons. The van der Waals surface area contributed by atoms with Gasteiger partial charge in [0.25, 0.3) is 0 Å². The van der Waals surface area contributed by atoms with Gasteiger partial charge in [0.05, 0.1) is 20.4 Å². The summed E-state index contributed by atoms with van der Waals surface area (Å²) in [5.74, 6) is 0.780. The lowest BCUT2D eigenvalue weighted by molar-refractivity contribution is 0.104. The molecule has 0 aliphatic carbocycles. The van der Waals surface area contributed by atoms with E-state index in [9.17, 15) is 4.79 Å². The second-order valence-corrected chi connectivity index (χ2v) is 7.09. The Balaban J connectivity index is 2.14. The number of rotatable bonds is 4. The molecule has 3 aromatic rings. The molecule has 0 saturated heterocycles. The Kier molecular flexibility index (Phi) is 3.80. The lowest BCUT2D eigenvalue weighted by Crippen LogP contribution is -2.00. The van der Waals surface area contributed by atoms with Gasteiger partial charge < -0.3 is 9.72 Å². The molecule has 2 aromatic heterocycles. The summed E-state index contributed by atoms with van der Waals surface area (Å²) >= 11 is 3.80. The summed E-state index contributed by atoms with van der Waals surface area (Å²) < 4.78 is 6.75. The van der Waals surface area contributed by atoms with E-state index in [-0.39, 0.29) is 5.78 Å². The second kappa shape index (κ2) is 5.57. The fourth-order valence-electron chi connectivity index (χ4n) is 2.19. The van der Waals surface area contributed by atoms with Gasteiger partial charge in [-0.05, 0) is 47.7 Å². The van der Waals surface area contributed by atoms with Gasteiger partial charge >= 0.3 is 0 Å². The second-order valence-electron chi connectivity index (χ2n) is 4.28. The highest BCUT2D eigenvalue weighted by atomic mass is 127. The molecule has 0 bridgehead atoms. The predicted molar refractivity (Wildman–Crippen MR) is 89.9 cm³/mol. The molecule has 0 unspecified atom stereocenters. The molecule has 0 spiro atoms. The molecule has 0 fully saturated rings. The van der Waals surface area contributed by atoms with Gasteiger partial charge in [-0.1, -0.05) is 6.07 Å². The van der Waals surface area contributed by atoms with E-state index in [2.05, 4.69) is 27.6 Å². The van der Waals surface area contributed by atoms with Crippen LogP contribution in [0.25, 0.3) is 10.9 Å². The van der Waals surface area contributed by atoms with E-state index in [0.717, 1.165) is 25.1 Å². The van der Waals surface area contributed by atoms with Crippen molar-refractivity contribution in [2.75, 3.05) is 6.61 Å². The average Bonchev–Trinajstić information content (AvgIpc) is 3.05. The van der Waals surface area contributed by atoms with Crippen LogP contribution >= 0.6 is 33.9 Å². The van der Waals surface area contributed by atoms with Gasteiger partial charge in [0.2, 0.25) is 0 Å². The Morgan fingerprint density at radius 1 is 1.45 bits per heavy atom. The van der Waals surface area contributed by atoms with Crippen molar-refractivity contribution in [2.24, 2.45) is 0 Å². The fraction of sp³-hybridized carbons (Fsp3) is 0.133.